The molecule has 0 radical (unpaired) electrons. The summed E-state index contributed by atoms with van der Waals surface area (Å²) in [7, 11) is 0. The summed E-state index contributed by atoms with van der Waals surface area (Å²) in [6.07, 6.45) is 0. The largest absolute Gasteiger partial charge is 0.295 e. The second-order valence-electron chi connectivity index (χ2n) is 0.577. The van der Waals surface area contributed by atoms with Crippen LogP contribution >= 0.6 is 9.90 Å². The quantitative estimate of drug-likeness (QED) is 0.171. The number of rotatable bonds is 0. The van der Waals surface area contributed by atoms with Crippen LogP contribution in [0.25, 0.3) is 0 Å². The summed E-state index contributed by atoms with van der Waals surface area (Å²) in [4.78, 5) is 0. The SMILES string of the molecule is [B+3].[O]=[GeH][O-].[O]=[GeH][O-].[O]=[GeH][O-].[O]=[GeH][O-].[O]=[GeH][O-].[O]=[GeH][O-].[PH6+3]. The molecule has 20 heavy (non-hydrogen) atoms. The van der Waals surface area contributed by atoms with Gasteiger partial charge in [-0.2, -0.15) is 0 Å². The molecule has 0 rings (SSSR count). The third kappa shape index (κ3) is 3570. The molecule has 0 amide bonds. The molecule has 0 bridgehead atoms. The van der Waals surface area contributed by atoms with Crippen LogP contribution in [0.3, 0.4) is 0 Å². The predicted octanol–water partition coefficient (Wildman–Crippen LogP) is -12.9. The minimum absolute atomic E-state index is 0. The van der Waals surface area contributed by atoms with E-state index in [4.69, 9.17) is 47.5 Å². The van der Waals surface area contributed by atoms with E-state index in [0.29, 0.717) is 0 Å². The molecule has 0 aliphatic rings. The van der Waals surface area contributed by atoms with Crippen molar-refractivity contribution in [3.63, 3.8) is 0 Å². The van der Waals surface area contributed by atoms with E-state index in [9.17, 15) is 0 Å². The van der Waals surface area contributed by atoms with Gasteiger partial charge in [-0.05, 0) is 0 Å². The van der Waals surface area contributed by atoms with Gasteiger partial charge in [0.2, 0.25) is 0 Å². The molecule has 0 aliphatic heterocycles. The first kappa shape index (κ1) is 49.6. The van der Waals surface area contributed by atoms with E-state index < -0.39 is 94.2 Å². The Hall–Kier alpha value is 1.35. The maximum absolute atomic E-state index is 8.53. The van der Waals surface area contributed by atoms with Crippen molar-refractivity contribution < 1.29 is 47.5 Å². The van der Waals surface area contributed by atoms with E-state index in [0.717, 1.165) is 0 Å². The van der Waals surface area contributed by atoms with E-state index in [1.54, 1.807) is 0 Å². The van der Waals surface area contributed by atoms with E-state index in [-0.39, 0.29) is 18.3 Å². The minimum Gasteiger partial charge on any atom is -0.295 e. The molecule has 0 atom stereocenters. The van der Waals surface area contributed by atoms with Crippen LogP contribution in [0.2, 0.25) is 0 Å². The molecule has 0 aliphatic carbocycles. The zero-order chi connectivity index (χ0) is 16.2. The molecule has 0 spiro atoms. The van der Waals surface area contributed by atoms with Gasteiger partial charge in [0.1, 0.15) is 0 Å². The van der Waals surface area contributed by atoms with Gasteiger partial charge in [0.05, 0.1) is 0 Å². The summed E-state index contributed by atoms with van der Waals surface area (Å²) >= 11 is -13.1. The van der Waals surface area contributed by atoms with Crippen LogP contribution in [0.15, 0.2) is 0 Å². The van der Waals surface area contributed by atoms with Gasteiger partial charge >= 0.3 is 150 Å². The smallest absolute Gasteiger partial charge is 0.295 e. The fourth-order valence-electron chi connectivity index (χ4n) is 0. The Kier molecular flexibility index (Phi) is 350. The van der Waals surface area contributed by atoms with Crippen molar-refractivity contribution in [1.82, 2.24) is 0 Å². The fourth-order valence-corrected chi connectivity index (χ4v) is 0. The third-order valence-electron chi connectivity index (χ3n) is 0. The van der Waals surface area contributed by atoms with Crippen molar-refractivity contribution in [2.45, 2.75) is 0 Å². The van der Waals surface area contributed by atoms with Gasteiger partial charge in [-0.15, -0.1) is 0 Å². The Morgan fingerprint density at radius 1 is 0.400 bits per heavy atom. The van der Waals surface area contributed by atoms with Crippen molar-refractivity contribution in [3.05, 3.63) is 0 Å². The molecule has 0 aromatic rings. The Labute approximate surface area is 158 Å². The molecular formula is H12BGe6O12P. The van der Waals surface area contributed by atoms with Crippen LogP contribution in [-0.2, 0) is 22.7 Å². The maximum atomic E-state index is 8.53. The van der Waals surface area contributed by atoms with Gasteiger partial charge in [-0.25, -0.2) is 0 Å². The van der Waals surface area contributed by atoms with Crippen molar-refractivity contribution in [2.75, 3.05) is 0 Å². The van der Waals surface area contributed by atoms with E-state index in [1.807, 2.05) is 0 Å². The predicted molar refractivity (Wildman–Crippen MR) is 68.1 cm³/mol. The maximum Gasteiger partial charge on any atom is -0.295 e. The summed E-state index contributed by atoms with van der Waals surface area (Å²) in [5.41, 5.74) is 0. The zero-order valence-electron chi connectivity index (χ0n) is 8.94. The van der Waals surface area contributed by atoms with Crippen LogP contribution < -0.4 is 24.8 Å². The van der Waals surface area contributed by atoms with Gasteiger partial charge in [-0.1, -0.05) is 0 Å². The molecule has 20 heteroatoms. The molecule has 116 valence electrons. The van der Waals surface area contributed by atoms with Crippen molar-refractivity contribution >= 4 is 113 Å². The van der Waals surface area contributed by atoms with Crippen molar-refractivity contribution in [3.8, 4) is 0 Å². The van der Waals surface area contributed by atoms with Crippen LogP contribution in [0.5, 0.6) is 0 Å². The van der Waals surface area contributed by atoms with Gasteiger partial charge in [-0.3, -0.25) is 9.90 Å². The molecule has 0 heterocycles. The first-order chi connectivity index (χ1) is 8.49. The normalized spacial score (nSPS) is 3.60. The Bertz CT molecular complexity index is 119. The zero-order valence-corrected chi connectivity index (χ0v) is 23.5. The topological polar surface area (TPSA) is 241 Å². The molecule has 0 saturated heterocycles. The molecular weight excluding hydrogens is 669 g/mol. The Morgan fingerprint density at radius 2 is 0.400 bits per heavy atom. The summed E-state index contributed by atoms with van der Waals surface area (Å²) in [5.74, 6) is 0. The summed E-state index contributed by atoms with van der Waals surface area (Å²) < 4.78 is 102. The average Bonchev–Trinajstić information content (AvgIpc) is 2.23. The summed E-state index contributed by atoms with van der Waals surface area (Å²) in [6, 6.07) is 0. The van der Waals surface area contributed by atoms with Crippen molar-refractivity contribution in [1.29, 1.82) is 0 Å². The van der Waals surface area contributed by atoms with Crippen molar-refractivity contribution in [2.24, 2.45) is 0 Å². The Balaban J connectivity index is -0.0000000141. The minimum atomic E-state index is -2.19. The standard InChI is InChI=1S/B.6GeHO2.H6P/c;6*2-1-3;/h;6*1H;1H6/q+3;6*-1;+3. The fraction of sp³-hybridized carbons (Fsp3) is 0. The van der Waals surface area contributed by atoms with Gasteiger partial charge in [0.25, 0.3) is 0 Å². The second-order valence-corrected chi connectivity index (χ2v) is 3.00. The average molecular weight is 682 g/mol. The molecule has 0 unspecified atom stereocenters. The molecule has 0 saturated carbocycles. The number of hydrogen-bond donors (Lipinski definition) is 0. The van der Waals surface area contributed by atoms with Crippen LogP contribution in [0, 0.1) is 0 Å². The van der Waals surface area contributed by atoms with E-state index in [2.05, 4.69) is 0 Å². The van der Waals surface area contributed by atoms with Gasteiger partial charge < -0.3 is 0 Å². The van der Waals surface area contributed by atoms with Crippen LogP contribution in [0.4, 0.5) is 0 Å². The van der Waals surface area contributed by atoms with Crippen LogP contribution in [0.1, 0.15) is 0 Å². The molecule has 12 nitrogen and oxygen atoms in total. The van der Waals surface area contributed by atoms with Gasteiger partial charge in [0, 0.05) is 0 Å². The molecule has 0 N–H and O–H groups in total. The first-order valence-corrected chi connectivity index (χ1v) is 14.7. The summed E-state index contributed by atoms with van der Waals surface area (Å²) in [6.45, 7) is 0. The summed E-state index contributed by atoms with van der Waals surface area (Å²) in [5, 5.41) is 0. The molecule has 0 fully saturated rings. The second kappa shape index (κ2) is 141. The number of hydrogen-bond acceptors (Lipinski definition) is 12. The Morgan fingerprint density at radius 3 is 0.400 bits per heavy atom. The monoisotopic (exact) mass is 690 g/mol. The van der Waals surface area contributed by atoms with Gasteiger partial charge in [0.15, 0.2) is 0 Å². The van der Waals surface area contributed by atoms with E-state index >= 15 is 0 Å². The molecule has 0 aromatic heterocycles. The van der Waals surface area contributed by atoms with Crippen LogP contribution in [-0.4, -0.2) is 103 Å². The third-order valence-corrected chi connectivity index (χ3v) is 0. The van der Waals surface area contributed by atoms with E-state index in [1.165, 1.54) is 0 Å². The first-order valence-electron chi connectivity index (χ1n) is 2.83. The molecule has 0 aromatic carbocycles.